The summed E-state index contributed by atoms with van der Waals surface area (Å²) in [5.74, 6) is 0. The van der Waals surface area contributed by atoms with Gasteiger partial charge in [-0.15, -0.1) is 0 Å². The highest BCUT2D eigenvalue weighted by Gasteiger charge is 2.38. The van der Waals surface area contributed by atoms with Crippen LogP contribution in [0, 0.1) is 0 Å². The van der Waals surface area contributed by atoms with Crippen molar-refractivity contribution in [1.29, 1.82) is 0 Å². The van der Waals surface area contributed by atoms with Gasteiger partial charge in [0.2, 0.25) is 0 Å². The quantitative estimate of drug-likeness (QED) is 0.179. The van der Waals surface area contributed by atoms with Gasteiger partial charge in [-0.3, -0.25) is 14.9 Å². The van der Waals surface area contributed by atoms with Gasteiger partial charge in [0.1, 0.15) is 11.8 Å². The van der Waals surface area contributed by atoms with Crippen molar-refractivity contribution in [2.24, 2.45) is 0 Å². The summed E-state index contributed by atoms with van der Waals surface area (Å²) in [5.41, 5.74) is 7.99. The molecule has 1 fully saturated rings. The van der Waals surface area contributed by atoms with Gasteiger partial charge in [0.25, 0.3) is 0 Å². The third-order valence-electron chi connectivity index (χ3n) is 9.57. The molecule has 248 valence electrons. The van der Waals surface area contributed by atoms with Gasteiger partial charge in [0.15, 0.2) is 0 Å². The Morgan fingerprint density at radius 1 is 0.694 bits per heavy atom. The summed E-state index contributed by atoms with van der Waals surface area (Å²) in [6.45, 7) is 6.35. The number of aromatic nitrogens is 2. The molecule has 7 nitrogen and oxygen atoms in total. The van der Waals surface area contributed by atoms with E-state index < -0.39 is 5.60 Å². The monoisotopic (exact) mass is 649 g/mol. The van der Waals surface area contributed by atoms with Gasteiger partial charge in [-0.05, 0) is 86.8 Å². The molecule has 3 heterocycles. The van der Waals surface area contributed by atoms with Crippen molar-refractivity contribution in [2.75, 3.05) is 30.4 Å². The van der Waals surface area contributed by atoms with Gasteiger partial charge < -0.3 is 14.5 Å². The molecular weight excluding hydrogens is 606 g/mol. The number of rotatable bonds is 6. The minimum atomic E-state index is -0.578. The molecule has 2 aromatic heterocycles. The maximum Gasteiger partial charge on any atom is 0.411 e. The smallest absolute Gasteiger partial charge is 0.411 e. The van der Waals surface area contributed by atoms with Crippen LogP contribution < -0.4 is 9.80 Å². The molecule has 1 aliphatic heterocycles. The number of fused-ring (bicyclic) bond motifs is 2. The molecule has 7 heteroatoms. The Bertz CT molecular complexity index is 2090. The number of carbonyl (C=O) groups excluding carboxylic acids is 1. The summed E-state index contributed by atoms with van der Waals surface area (Å²) in [6, 6.07) is 38.2. The van der Waals surface area contributed by atoms with Crippen LogP contribution in [0.1, 0.15) is 33.6 Å². The number of nitrogens with zero attached hydrogens (tertiary/aromatic N) is 5. The van der Waals surface area contributed by atoms with E-state index in [2.05, 4.69) is 107 Å². The second-order valence-electron chi connectivity index (χ2n) is 14.0. The van der Waals surface area contributed by atoms with Crippen LogP contribution in [0.3, 0.4) is 0 Å². The molecule has 4 aromatic carbocycles. The first-order chi connectivity index (χ1) is 23.6. The minimum absolute atomic E-state index is 0.188. The Morgan fingerprint density at radius 3 is 1.69 bits per heavy atom. The zero-order chi connectivity index (χ0) is 34.1. The Hall–Kier alpha value is -5.43. The number of amides is 1. The summed E-state index contributed by atoms with van der Waals surface area (Å²) in [6.07, 6.45) is 5.00. The van der Waals surface area contributed by atoms with Gasteiger partial charge in [-0.25, -0.2) is 4.79 Å². The van der Waals surface area contributed by atoms with Crippen LogP contribution in [0.15, 0.2) is 122 Å². The first-order valence-corrected chi connectivity index (χ1v) is 17.0. The number of ether oxygens (including phenoxy) is 1. The van der Waals surface area contributed by atoms with Crippen molar-refractivity contribution in [3.63, 3.8) is 0 Å². The van der Waals surface area contributed by atoms with E-state index >= 15 is 0 Å². The van der Waals surface area contributed by atoms with Crippen LogP contribution in [0.2, 0.25) is 0 Å². The predicted molar refractivity (Wildman–Crippen MR) is 201 cm³/mol. The molecule has 2 unspecified atom stereocenters. The fourth-order valence-corrected chi connectivity index (χ4v) is 6.80. The van der Waals surface area contributed by atoms with Crippen molar-refractivity contribution in [3.05, 3.63) is 122 Å². The van der Waals surface area contributed by atoms with Crippen molar-refractivity contribution in [3.8, 4) is 22.3 Å². The predicted octanol–water partition coefficient (Wildman–Crippen LogP) is 9.42. The number of hydrogen-bond acceptors (Lipinski definition) is 6. The summed E-state index contributed by atoms with van der Waals surface area (Å²) < 4.78 is 5.90. The lowest BCUT2D eigenvalue weighted by Crippen LogP contribution is -2.58. The summed E-state index contributed by atoms with van der Waals surface area (Å²) in [4.78, 5) is 29.3. The number of anilines is 2. The molecule has 0 radical (unpaired) electrons. The van der Waals surface area contributed by atoms with Gasteiger partial charge in [-0.1, -0.05) is 60.7 Å². The van der Waals surface area contributed by atoms with Crippen LogP contribution >= 0.6 is 0 Å². The first-order valence-electron chi connectivity index (χ1n) is 17.0. The number of para-hydroxylation sites is 2. The Labute approximate surface area is 288 Å². The average Bonchev–Trinajstić information content (AvgIpc) is 3.13. The van der Waals surface area contributed by atoms with E-state index in [1.807, 2.05) is 74.5 Å². The lowest BCUT2D eigenvalue weighted by molar-refractivity contribution is 0.00831. The Kier molecular flexibility index (Phi) is 8.68. The summed E-state index contributed by atoms with van der Waals surface area (Å²) in [7, 11) is 4.23. The average molecular weight is 650 g/mol. The largest absolute Gasteiger partial charge is 0.444 e. The van der Waals surface area contributed by atoms with Crippen LogP contribution in [0.5, 0.6) is 0 Å². The highest BCUT2D eigenvalue weighted by molar-refractivity contribution is 5.84. The third kappa shape index (κ3) is 6.93. The van der Waals surface area contributed by atoms with Gasteiger partial charge in [0, 0.05) is 78.8 Å². The molecule has 0 spiro atoms. The third-order valence-corrected chi connectivity index (χ3v) is 9.57. The maximum absolute atomic E-state index is 13.6. The summed E-state index contributed by atoms with van der Waals surface area (Å²) >= 11 is 0. The van der Waals surface area contributed by atoms with Crippen LogP contribution in [-0.4, -0.2) is 59.4 Å². The molecule has 6 aromatic rings. The van der Waals surface area contributed by atoms with E-state index in [4.69, 9.17) is 4.74 Å². The molecule has 1 aliphatic rings. The molecule has 0 N–H and O–H groups in total. The molecule has 49 heavy (non-hydrogen) atoms. The first kappa shape index (κ1) is 32.1. The summed E-state index contributed by atoms with van der Waals surface area (Å²) in [5, 5.41) is 2.25. The second kappa shape index (κ2) is 13.2. The van der Waals surface area contributed by atoms with E-state index in [9.17, 15) is 4.79 Å². The van der Waals surface area contributed by atoms with E-state index in [1.54, 1.807) is 0 Å². The molecule has 0 bridgehead atoms. The normalized spacial score (nSPS) is 16.5. The number of piperidine rings is 1. The molecular formula is C42H43N5O2. The molecule has 0 saturated carbocycles. The highest BCUT2D eigenvalue weighted by atomic mass is 16.6. The van der Waals surface area contributed by atoms with Crippen LogP contribution in [-0.2, 0) is 4.74 Å². The fraction of sp³-hybridized carbons (Fsp3) is 0.262. The van der Waals surface area contributed by atoms with E-state index in [-0.39, 0.29) is 18.3 Å². The number of benzene rings is 4. The van der Waals surface area contributed by atoms with E-state index in [0.29, 0.717) is 6.54 Å². The Morgan fingerprint density at radius 2 is 1.18 bits per heavy atom. The number of likely N-dealkylation sites (tertiary alicyclic amines) is 1. The van der Waals surface area contributed by atoms with Crippen molar-refractivity contribution < 1.29 is 9.53 Å². The minimum Gasteiger partial charge on any atom is -0.444 e. The van der Waals surface area contributed by atoms with Gasteiger partial charge in [0.05, 0.1) is 11.0 Å². The molecule has 1 amide bonds. The second-order valence-corrected chi connectivity index (χ2v) is 14.0. The molecule has 1 saturated heterocycles. The number of hydrogen-bond donors (Lipinski definition) is 0. The standard InChI is InChI=1S/C42H43N5O2/c1-42(2,3)49-41(48)47-23-22-37(45(4)35-18-14-29(15-19-35)33-24-31-10-6-8-12-38(31)43-27-33)26-40(47)46(5)36-20-16-30(17-21-36)34-25-32-11-7-9-13-39(32)44-28-34/h6-21,24-25,27-28,37,40H,22-23,26H2,1-5H3. The topological polar surface area (TPSA) is 61.8 Å². The highest BCUT2D eigenvalue weighted by Crippen LogP contribution is 2.33. The van der Waals surface area contributed by atoms with E-state index in [1.165, 1.54) is 0 Å². The SMILES string of the molecule is CN(c1ccc(-c2cnc3ccccc3c2)cc1)C1CCN(C(=O)OC(C)(C)C)C(N(C)c2ccc(-c3cnc4ccccc4c3)cc2)C1. The maximum atomic E-state index is 13.6. The van der Waals surface area contributed by atoms with Crippen molar-refractivity contribution in [2.45, 2.75) is 51.4 Å². The lowest BCUT2D eigenvalue weighted by Gasteiger charge is -2.47. The fourth-order valence-electron chi connectivity index (χ4n) is 6.80. The van der Waals surface area contributed by atoms with Gasteiger partial charge >= 0.3 is 6.09 Å². The van der Waals surface area contributed by atoms with E-state index in [0.717, 1.165) is 68.3 Å². The number of pyridine rings is 2. The Balaban J connectivity index is 1.11. The number of carbonyl (C=O) groups is 1. The molecule has 2 atom stereocenters. The van der Waals surface area contributed by atoms with Crippen LogP contribution in [0.4, 0.5) is 16.2 Å². The zero-order valence-electron chi connectivity index (χ0n) is 28.9. The van der Waals surface area contributed by atoms with Crippen LogP contribution in [0.25, 0.3) is 44.1 Å². The lowest BCUT2D eigenvalue weighted by atomic mass is 9.98. The van der Waals surface area contributed by atoms with Crippen molar-refractivity contribution >= 4 is 39.3 Å². The van der Waals surface area contributed by atoms with Crippen molar-refractivity contribution in [1.82, 2.24) is 14.9 Å². The van der Waals surface area contributed by atoms with Gasteiger partial charge in [-0.2, -0.15) is 0 Å². The zero-order valence-corrected chi connectivity index (χ0v) is 28.9. The molecule has 7 rings (SSSR count). The molecule has 0 aliphatic carbocycles.